The number of benzene rings is 2. The van der Waals surface area contributed by atoms with Gasteiger partial charge < -0.3 is 15.4 Å². The molecule has 2 aromatic carbocycles. The molecule has 0 fully saturated rings. The van der Waals surface area contributed by atoms with Crippen LogP contribution < -0.4 is 15.4 Å². The van der Waals surface area contributed by atoms with E-state index < -0.39 is 0 Å². The fourth-order valence-electron chi connectivity index (χ4n) is 2.29. The standard InChI is InChI=1S/C18H22N2O2/c1-12-6-5-7-15(13(12)2)11-19-16-8-9-17(20-14(3)21)18(10-16)22-4/h5-10,19H,11H2,1-4H3,(H,20,21). The quantitative estimate of drug-likeness (QED) is 0.880. The largest absolute Gasteiger partial charge is 0.494 e. The molecule has 0 bridgehead atoms. The Labute approximate surface area is 131 Å². The molecular weight excluding hydrogens is 276 g/mol. The average Bonchev–Trinajstić information content (AvgIpc) is 2.49. The molecule has 22 heavy (non-hydrogen) atoms. The highest BCUT2D eigenvalue weighted by atomic mass is 16.5. The van der Waals surface area contributed by atoms with E-state index in [0.29, 0.717) is 11.4 Å². The number of aryl methyl sites for hydroxylation is 1. The van der Waals surface area contributed by atoms with Crippen LogP contribution >= 0.6 is 0 Å². The van der Waals surface area contributed by atoms with Gasteiger partial charge in [0, 0.05) is 25.2 Å². The Morgan fingerprint density at radius 3 is 2.64 bits per heavy atom. The maximum atomic E-state index is 11.2. The molecule has 0 heterocycles. The van der Waals surface area contributed by atoms with Gasteiger partial charge in [0.2, 0.25) is 5.91 Å². The highest BCUT2D eigenvalue weighted by Gasteiger charge is 2.06. The Morgan fingerprint density at radius 2 is 1.95 bits per heavy atom. The van der Waals surface area contributed by atoms with Crippen molar-refractivity contribution in [3.05, 3.63) is 53.1 Å². The maximum absolute atomic E-state index is 11.2. The molecule has 4 heteroatoms. The molecule has 0 radical (unpaired) electrons. The first-order valence-electron chi connectivity index (χ1n) is 7.26. The molecule has 0 aliphatic carbocycles. The van der Waals surface area contributed by atoms with Crippen molar-refractivity contribution in [3.8, 4) is 5.75 Å². The van der Waals surface area contributed by atoms with Crippen LogP contribution in [0.15, 0.2) is 36.4 Å². The number of amides is 1. The molecular formula is C18H22N2O2. The third-order valence-electron chi connectivity index (χ3n) is 3.71. The number of nitrogens with one attached hydrogen (secondary N) is 2. The van der Waals surface area contributed by atoms with Gasteiger partial charge in [-0.05, 0) is 42.7 Å². The first kappa shape index (κ1) is 15.9. The van der Waals surface area contributed by atoms with E-state index in [1.54, 1.807) is 7.11 Å². The third kappa shape index (κ3) is 3.79. The number of rotatable bonds is 5. The summed E-state index contributed by atoms with van der Waals surface area (Å²) in [5.74, 6) is 0.524. The van der Waals surface area contributed by atoms with E-state index in [4.69, 9.17) is 4.74 Å². The monoisotopic (exact) mass is 298 g/mol. The van der Waals surface area contributed by atoms with Gasteiger partial charge in [0.1, 0.15) is 5.75 Å². The Bertz CT molecular complexity index is 681. The second kappa shape index (κ2) is 6.98. The Morgan fingerprint density at radius 1 is 1.18 bits per heavy atom. The van der Waals surface area contributed by atoms with Crippen LogP contribution in [-0.4, -0.2) is 13.0 Å². The average molecular weight is 298 g/mol. The minimum Gasteiger partial charge on any atom is -0.494 e. The maximum Gasteiger partial charge on any atom is 0.221 e. The molecule has 0 aromatic heterocycles. The van der Waals surface area contributed by atoms with Crippen molar-refractivity contribution in [1.82, 2.24) is 0 Å². The van der Waals surface area contributed by atoms with Crippen LogP contribution in [0.2, 0.25) is 0 Å². The summed E-state index contributed by atoms with van der Waals surface area (Å²) in [6.07, 6.45) is 0. The zero-order valence-corrected chi connectivity index (χ0v) is 13.5. The van der Waals surface area contributed by atoms with Gasteiger partial charge in [0.05, 0.1) is 12.8 Å². The molecule has 0 saturated heterocycles. The summed E-state index contributed by atoms with van der Waals surface area (Å²) in [7, 11) is 1.59. The van der Waals surface area contributed by atoms with Crippen LogP contribution in [0.5, 0.6) is 5.75 Å². The van der Waals surface area contributed by atoms with Gasteiger partial charge in [-0.2, -0.15) is 0 Å². The number of carbonyl (C=O) groups is 1. The molecule has 0 atom stereocenters. The van der Waals surface area contributed by atoms with Gasteiger partial charge >= 0.3 is 0 Å². The molecule has 0 aliphatic heterocycles. The predicted molar refractivity (Wildman–Crippen MR) is 90.5 cm³/mol. The second-order valence-electron chi connectivity index (χ2n) is 5.31. The van der Waals surface area contributed by atoms with Gasteiger partial charge in [0.15, 0.2) is 0 Å². The van der Waals surface area contributed by atoms with Gasteiger partial charge in [-0.3, -0.25) is 4.79 Å². The molecule has 1 amide bonds. The number of hydrogen-bond donors (Lipinski definition) is 2. The van der Waals surface area contributed by atoms with E-state index >= 15 is 0 Å². The van der Waals surface area contributed by atoms with Crippen LogP contribution in [0.3, 0.4) is 0 Å². The highest BCUT2D eigenvalue weighted by Crippen LogP contribution is 2.28. The lowest BCUT2D eigenvalue weighted by molar-refractivity contribution is -0.114. The van der Waals surface area contributed by atoms with Crippen molar-refractivity contribution in [2.45, 2.75) is 27.3 Å². The Hall–Kier alpha value is -2.49. The fraction of sp³-hybridized carbons (Fsp3) is 0.278. The van der Waals surface area contributed by atoms with E-state index in [2.05, 4.69) is 42.7 Å². The summed E-state index contributed by atoms with van der Waals surface area (Å²) in [6, 6.07) is 12.0. The smallest absolute Gasteiger partial charge is 0.221 e. The SMILES string of the molecule is COc1cc(NCc2cccc(C)c2C)ccc1NC(C)=O. The normalized spacial score (nSPS) is 10.2. The first-order valence-corrected chi connectivity index (χ1v) is 7.26. The molecule has 4 nitrogen and oxygen atoms in total. The zero-order valence-electron chi connectivity index (χ0n) is 13.5. The summed E-state index contributed by atoms with van der Waals surface area (Å²) in [5.41, 5.74) is 5.48. The molecule has 116 valence electrons. The minimum absolute atomic E-state index is 0.116. The fourth-order valence-corrected chi connectivity index (χ4v) is 2.29. The molecule has 2 aromatic rings. The lowest BCUT2D eigenvalue weighted by Gasteiger charge is -2.14. The van der Waals surface area contributed by atoms with E-state index in [1.807, 2.05) is 18.2 Å². The molecule has 2 N–H and O–H groups in total. The molecule has 0 unspecified atom stereocenters. The summed E-state index contributed by atoms with van der Waals surface area (Å²) in [5, 5.41) is 6.14. The van der Waals surface area contributed by atoms with E-state index in [-0.39, 0.29) is 5.91 Å². The van der Waals surface area contributed by atoms with E-state index in [1.165, 1.54) is 23.6 Å². The summed E-state index contributed by atoms with van der Waals surface area (Å²) >= 11 is 0. The number of ether oxygens (including phenoxy) is 1. The van der Waals surface area contributed by atoms with Crippen LogP contribution in [-0.2, 0) is 11.3 Å². The predicted octanol–water partition coefficient (Wildman–Crippen LogP) is 3.88. The lowest BCUT2D eigenvalue weighted by Crippen LogP contribution is -2.08. The van der Waals surface area contributed by atoms with Gasteiger partial charge in [-0.25, -0.2) is 0 Å². The van der Waals surface area contributed by atoms with Gasteiger partial charge in [-0.15, -0.1) is 0 Å². The van der Waals surface area contributed by atoms with Crippen LogP contribution in [0.4, 0.5) is 11.4 Å². The van der Waals surface area contributed by atoms with Crippen molar-refractivity contribution >= 4 is 17.3 Å². The summed E-state index contributed by atoms with van der Waals surface area (Å²) in [6.45, 7) is 6.47. The summed E-state index contributed by atoms with van der Waals surface area (Å²) in [4.78, 5) is 11.2. The van der Waals surface area contributed by atoms with Gasteiger partial charge in [-0.1, -0.05) is 18.2 Å². The van der Waals surface area contributed by atoms with Crippen molar-refractivity contribution in [2.24, 2.45) is 0 Å². The van der Waals surface area contributed by atoms with Crippen molar-refractivity contribution < 1.29 is 9.53 Å². The van der Waals surface area contributed by atoms with Crippen molar-refractivity contribution in [3.63, 3.8) is 0 Å². The van der Waals surface area contributed by atoms with E-state index in [9.17, 15) is 4.79 Å². The van der Waals surface area contributed by atoms with Crippen LogP contribution in [0.1, 0.15) is 23.6 Å². The number of methoxy groups -OCH3 is 1. The van der Waals surface area contributed by atoms with E-state index in [0.717, 1.165) is 12.2 Å². The molecule has 0 saturated carbocycles. The van der Waals surface area contributed by atoms with Crippen molar-refractivity contribution in [1.29, 1.82) is 0 Å². The highest BCUT2D eigenvalue weighted by molar-refractivity contribution is 5.90. The Kier molecular flexibility index (Phi) is 5.04. The molecule has 2 rings (SSSR count). The van der Waals surface area contributed by atoms with Crippen LogP contribution in [0.25, 0.3) is 0 Å². The zero-order chi connectivity index (χ0) is 16.1. The Balaban J connectivity index is 2.13. The summed E-state index contributed by atoms with van der Waals surface area (Å²) < 4.78 is 5.33. The third-order valence-corrected chi connectivity index (χ3v) is 3.71. The van der Waals surface area contributed by atoms with Crippen LogP contribution in [0, 0.1) is 13.8 Å². The lowest BCUT2D eigenvalue weighted by atomic mass is 10.0. The second-order valence-corrected chi connectivity index (χ2v) is 5.31. The minimum atomic E-state index is -0.116. The topological polar surface area (TPSA) is 50.4 Å². The first-order chi connectivity index (χ1) is 10.5. The number of hydrogen-bond acceptors (Lipinski definition) is 3. The number of anilines is 2. The van der Waals surface area contributed by atoms with Crippen molar-refractivity contribution in [2.75, 3.05) is 17.7 Å². The molecule has 0 spiro atoms. The van der Waals surface area contributed by atoms with Gasteiger partial charge in [0.25, 0.3) is 0 Å². The number of carbonyl (C=O) groups excluding carboxylic acids is 1. The molecule has 0 aliphatic rings.